The Labute approximate surface area is 101 Å². The molecule has 2 aromatic carbocycles. The van der Waals surface area contributed by atoms with Gasteiger partial charge in [-0.3, -0.25) is 4.79 Å². The van der Waals surface area contributed by atoms with Crippen molar-refractivity contribution >= 4 is 16.7 Å². The molecule has 17 heavy (non-hydrogen) atoms. The Balaban J connectivity index is 0.00000144. The summed E-state index contributed by atoms with van der Waals surface area (Å²) in [6, 6.07) is 11.4. The Kier molecular flexibility index (Phi) is 4.10. The summed E-state index contributed by atoms with van der Waals surface area (Å²) >= 11 is 0. The number of fused-ring (bicyclic) bond motifs is 1. The third kappa shape index (κ3) is 2.97. The van der Waals surface area contributed by atoms with Gasteiger partial charge in [-0.25, -0.2) is 0 Å². The van der Waals surface area contributed by atoms with Gasteiger partial charge in [0.1, 0.15) is 5.75 Å². The van der Waals surface area contributed by atoms with Crippen LogP contribution in [0.1, 0.15) is 13.0 Å². The van der Waals surface area contributed by atoms with Crippen LogP contribution in [0.5, 0.6) is 5.75 Å². The number of benzene rings is 2. The third-order valence-corrected chi connectivity index (χ3v) is 2.47. The molecule has 0 amide bonds. The van der Waals surface area contributed by atoms with E-state index in [1.54, 1.807) is 7.11 Å². The zero-order valence-electron chi connectivity index (χ0n) is 8.93. The smallest absolute Gasteiger partial charge is 0.307 e. The van der Waals surface area contributed by atoms with Crippen LogP contribution in [0.4, 0.5) is 0 Å². The molecule has 0 aliphatic rings. The van der Waals surface area contributed by atoms with Crippen LogP contribution in [-0.4, -0.2) is 18.2 Å². The number of carboxylic acid groups (broad SMARTS) is 1. The summed E-state index contributed by atoms with van der Waals surface area (Å²) in [7, 11) is 1.62. The molecule has 90 valence electrons. The maximum Gasteiger partial charge on any atom is 0.307 e. The Bertz CT molecular complexity index is 532. The zero-order chi connectivity index (χ0) is 11.5. The van der Waals surface area contributed by atoms with Gasteiger partial charge in [-0.2, -0.15) is 0 Å². The number of carbonyl (C=O) groups is 1. The third-order valence-electron chi connectivity index (χ3n) is 2.47. The first-order valence-electron chi connectivity index (χ1n) is 4.97. The molecule has 3 heteroatoms. The maximum absolute atomic E-state index is 10.6. The number of ether oxygens (including phenoxy) is 1. The number of methoxy groups -OCH3 is 1. The van der Waals surface area contributed by atoms with E-state index in [4.69, 9.17) is 9.84 Å². The summed E-state index contributed by atoms with van der Waals surface area (Å²) in [5, 5.41) is 10.8. The molecular formula is C14H16O3. The van der Waals surface area contributed by atoms with Gasteiger partial charge >= 0.3 is 5.97 Å². The molecule has 0 spiro atoms. The van der Waals surface area contributed by atoms with Crippen LogP contribution >= 0.6 is 0 Å². The highest BCUT2D eigenvalue weighted by molar-refractivity contribution is 5.85. The predicted octanol–water partition coefficient (Wildman–Crippen LogP) is 3.11. The zero-order valence-corrected chi connectivity index (χ0v) is 8.93. The van der Waals surface area contributed by atoms with E-state index in [2.05, 4.69) is 0 Å². The summed E-state index contributed by atoms with van der Waals surface area (Å²) in [6.45, 7) is 0. The van der Waals surface area contributed by atoms with Crippen LogP contribution in [0.3, 0.4) is 0 Å². The molecule has 3 nitrogen and oxygen atoms in total. The van der Waals surface area contributed by atoms with E-state index in [1.807, 2.05) is 36.4 Å². The quantitative estimate of drug-likeness (QED) is 0.884. The molecule has 0 bridgehead atoms. The molecule has 0 heterocycles. The van der Waals surface area contributed by atoms with Gasteiger partial charge in [0.25, 0.3) is 0 Å². The lowest BCUT2D eigenvalue weighted by molar-refractivity contribution is -0.136. The first-order chi connectivity index (χ1) is 7.69. The Morgan fingerprint density at radius 2 is 1.82 bits per heavy atom. The normalized spacial score (nSPS) is 9.71. The van der Waals surface area contributed by atoms with Crippen molar-refractivity contribution in [1.82, 2.24) is 0 Å². The molecule has 0 fully saturated rings. The summed E-state index contributed by atoms with van der Waals surface area (Å²) in [5.41, 5.74) is 0.810. The van der Waals surface area contributed by atoms with E-state index < -0.39 is 5.97 Å². The van der Waals surface area contributed by atoms with Gasteiger partial charge in [0.05, 0.1) is 13.5 Å². The molecule has 2 rings (SSSR count). The Hall–Kier alpha value is -2.03. The molecule has 0 saturated carbocycles. The lowest BCUT2D eigenvalue weighted by Gasteiger charge is -2.04. The summed E-state index contributed by atoms with van der Waals surface area (Å²) in [5.74, 6) is -0.00801. The highest BCUT2D eigenvalue weighted by atomic mass is 16.5. The van der Waals surface area contributed by atoms with Crippen molar-refractivity contribution in [2.75, 3.05) is 7.11 Å². The van der Waals surface area contributed by atoms with Gasteiger partial charge < -0.3 is 9.84 Å². The molecule has 0 aliphatic carbocycles. The van der Waals surface area contributed by atoms with Crippen molar-refractivity contribution in [3.8, 4) is 5.75 Å². The van der Waals surface area contributed by atoms with Gasteiger partial charge in [0.15, 0.2) is 0 Å². The average molecular weight is 232 g/mol. The van der Waals surface area contributed by atoms with Gasteiger partial charge in [-0.15, -0.1) is 0 Å². The number of rotatable bonds is 3. The molecule has 0 saturated heterocycles. The number of hydrogen-bond donors (Lipinski definition) is 1. The molecule has 2 aromatic rings. The van der Waals surface area contributed by atoms with Gasteiger partial charge in [-0.1, -0.05) is 31.7 Å². The van der Waals surface area contributed by atoms with Crippen LogP contribution in [0, 0.1) is 0 Å². The standard InChI is InChI=1S/C13H12O3.CH4/c1-16-12-5-4-10-6-9(7-13(14)15)2-3-11(10)8-12;/h2-6,8H,7H2,1H3,(H,14,15);1H4. The molecule has 0 aliphatic heterocycles. The van der Waals surface area contributed by atoms with Gasteiger partial charge in [0.2, 0.25) is 0 Å². The van der Waals surface area contributed by atoms with Crippen molar-refractivity contribution < 1.29 is 14.6 Å². The van der Waals surface area contributed by atoms with Crippen LogP contribution in [0.15, 0.2) is 36.4 Å². The van der Waals surface area contributed by atoms with Crippen molar-refractivity contribution in [2.45, 2.75) is 13.8 Å². The van der Waals surface area contributed by atoms with E-state index in [-0.39, 0.29) is 13.8 Å². The van der Waals surface area contributed by atoms with Gasteiger partial charge in [0, 0.05) is 0 Å². The van der Waals surface area contributed by atoms with Crippen LogP contribution in [0.2, 0.25) is 0 Å². The SMILES string of the molecule is C.COc1ccc2cc(CC(=O)O)ccc2c1. The van der Waals surface area contributed by atoms with Crippen LogP contribution in [-0.2, 0) is 11.2 Å². The largest absolute Gasteiger partial charge is 0.497 e. The van der Waals surface area contributed by atoms with Crippen LogP contribution in [0.25, 0.3) is 10.8 Å². The fraction of sp³-hybridized carbons (Fsp3) is 0.214. The van der Waals surface area contributed by atoms with E-state index in [9.17, 15) is 4.79 Å². The minimum atomic E-state index is -0.812. The lowest BCUT2D eigenvalue weighted by atomic mass is 10.0. The van der Waals surface area contributed by atoms with Gasteiger partial charge in [-0.05, 0) is 28.5 Å². The molecule has 0 radical (unpaired) electrons. The second kappa shape index (κ2) is 5.34. The minimum absolute atomic E-state index is 0. The molecule has 0 atom stereocenters. The first-order valence-corrected chi connectivity index (χ1v) is 4.97. The Morgan fingerprint density at radius 3 is 2.47 bits per heavy atom. The highest BCUT2D eigenvalue weighted by Crippen LogP contribution is 2.21. The topological polar surface area (TPSA) is 46.5 Å². The minimum Gasteiger partial charge on any atom is -0.497 e. The molecular weight excluding hydrogens is 216 g/mol. The highest BCUT2D eigenvalue weighted by Gasteiger charge is 2.02. The Morgan fingerprint density at radius 1 is 1.18 bits per heavy atom. The second-order valence-electron chi connectivity index (χ2n) is 3.62. The van der Waals surface area contributed by atoms with Crippen LogP contribution < -0.4 is 4.74 Å². The van der Waals surface area contributed by atoms with E-state index in [0.717, 1.165) is 22.1 Å². The number of aliphatic carboxylic acids is 1. The molecule has 1 N–H and O–H groups in total. The predicted molar refractivity (Wildman–Crippen MR) is 68.6 cm³/mol. The summed E-state index contributed by atoms with van der Waals surface area (Å²) in [6.07, 6.45) is 0.0575. The van der Waals surface area contributed by atoms with Crippen molar-refractivity contribution in [3.05, 3.63) is 42.0 Å². The molecule has 0 aromatic heterocycles. The number of hydrogen-bond acceptors (Lipinski definition) is 2. The van der Waals surface area contributed by atoms with E-state index in [0.29, 0.717) is 0 Å². The first kappa shape index (κ1) is 13.0. The average Bonchev–Trinajstić information content (AvgIpc) is 2.27. The van der Waals surface area contributed by atoms with E-state index >= 15 is 0 Å². The van der Waals surface area contributed by atoms with Crippen molar-refractivity contribution in [1.29, 1.82) is 0 Å². The van der Waals surface area contributed by atoms with Crippen molar-refractivity contribution in [2.24, 2.45) is 0 Å². The fourth-order valence-corrected chi connectivity index (χ4v) is 1.68. The second-order valence-corrected chi connectivity index (χ2v) is 3.62. The molecule has 0 unspecified atom stereocenters. The monoisotopic (exact) mass is 232 g/mol. The summed E-state index contributed by atoms with van der Waals surface area (Å²) < 4.78 is 5.12. The van der Waals surface area contributed by atoms with Crippen molar-refractivity contribution in [3.63, 3.8) is 0 Å². The lowest BCUT2D eigenvalue weighted by Crippen LogP contribution is -1.99. The number of carboxylic acids is 1. The van der Waals surface area contributed by atoms with E-state index in [1.165, 1.54) is 0 Å². The maximum atomic E-state index is 10.6. The fourth-order valence-electron chi connectivity index (χ4n) is 1.68. The summed E-state index contributed by atoms with van der Waals surface area (Å²) in [4.78, 5) is 10.6.